The normalized spacial score (nSPS) is 18.4. The van der Waals surface area contributed by atoms with Crippen LogP contribution in [0.15, 0.2) is 72.3 Å². The topological polar surface area (TPSA) is 75.7 Å². The van der Waals surface area contributed by atoms with Crippen LogP contribution in [0, 0.1) is 0 Å². The first-order valence-corrected chi connectivity index (χ1v) is 11.7. The lowest BCUT2D eigenvalue weighted by Crippen LogP contribution is -2.58. The summed E-state index contributed by atoms with van der Waals surface area (Å²) in [6.07, 6.45) is 6.11. The number of carbonyl (C=O) groups is 3. The number of barbiturate groups is 1. The molecular weight excluding hydrogens is 428 g/mol. The van der Waals surface area contributed by atoms with Crippen LogP contribution in [0.2, 0.25) is 0 Å². The summed E-state index contributed by atoms with van der Waals surface area (Å²) < 4.78 is 6.08. The lowest BCUT2D eigenvalue weighted by Gasteiger charge is -2.35. The van der Waals surface area contributed by atoms with Crippen molar-refractivity contribution in [2.45, 2.75) is 44.8 Å². The van der Waals surface area contributed by atoms with E-state index in [1.807, 2.05) is 36.4 Å². The fourth-order valence-electron chi connectivity index (χ4n) is 4.72. The van der Waals surface area contributed by atoms with E-state index in [1.54, 1.807) is 6.07 Å². The van der Waals surface area contributed by atoms with E-state index in [4.69, 9.17) is 4.74 Å². The summed E-state index contributed by atoms with van der Waals surface area (Å²) in [5.41, 5.74) is 1.58. The molecule has 0 bridgehead atoms. The number of amides is 4. The van der Waals surface area contributed by atoms with Gasteiger partial charge in [-0.3, -0.25) is 19.8 Å². The van der Waals surface area contributed by atoms with Gasteiger partial charge in [-0.2, -0.15) is 0 Å². The zero-order valence-electron chi connectivity index (χ0n) is 18.8. The van der Waals surface area contributed by atoms with Crippen LogP contribution in [0.1, 0.15) is 43.2 Å². The Bertz CT molecular complexity index is 1290. The summed E-state index contributed by atoms with van der Waals surface area (Å²) in [4.78, 5) is 39.5. The highest BCUT2D eigenvalue weighted by Crippen LogP contribution is 2.28. The predicted octanol–water partition coefficient (Wildman–Crippen LogP) is 5.21. The molecule has 4 amide bonds. The molecule has 1 N–H and O–H groups in total. The molecule has 6 heteroatoms. The molecule has 2 aliphatic rings. The number of para-hydroxylation sites is 1. The number of hydrogen-bond donors (Lipinski definition) is 1. The van der Waals surface area contributed by atoms with Gasteiger partial charge in [-0.1, -0.05) is 73.9 Å². The number of rotatable bonds is 5. The number of nitrogens with one attached hydrogen (secondary N) is 1. The van der Waals surface area contributed by atoms with E-state index in [2.05, 4.69) is 29.6 Å². The van der Waals surface area contributed by atoms with Crippen molar-refractivity contribution < 1.29 is 19.1 Å². The fraction of sp³-hybridized carbons (Fsp3) is 0.250. The van der Waals surface area contributed by atoms with Gasteiger partial charge in [0, 0.05) is 11.6 Å². The molecule has 5 rings (SSSR count). The molecule has 1 saturated carbocycles. The first-order valence-electron chi connectivity index (χ1n) is 11.7. The van der Waals surface area contributed by atoms with E-state index in [9.17, 15) is 14.4 Å². The van der Waals surface area contributed by atoms with Crippen molar-refractivity contribution in [3.63, 3.8) is 0 Å². The van der Waals surface area contributed by atoms with E-state index < -0.39 is 17.8 Å². The third-order valence-electron chi connectivity index (χ3n) is 6.50. The third-order valence-corrected chi connectivity index (χ3v) is 6.50. The van der Waals surface area contributed by atoms with E-state index in [0.29, 0.717) is 17.9 Å². The molecule has 0 spiro atoms. The van der Waals surface area contributed by atoms with E-state index in [-0.39, 0.29) is 11.6 Å². The van der Waals surface area contributed by atoms with Crippen LogP contribution in [0.5, 0.6) is 5.75 Å². The zero-order valence-corrected chi connectivity index (χ0v) is 18.8. The lowest BCUT2D eigenvalue weighted by molar-refractivity contribution is -0.132. The maximum Gasteiger partial charge on any atom is 0.331 e. The van der Waals surface area contributed by atoms with Gasteiger partial charge in [-0.05, 0) is 47.4 Å². The van der Waals surface area contributed by atoms with Crippen molar-refractivity contribution in [2.24, 2.45) is 0 Å². The van der Waals surface area contributed by atoms with Crippen LogP contribution in [0.3, 0.4) is 0 Å². The first kappa shape index (κ1) is 21.9. The minimum Gasteiger partial charge on any atom is -0.488 e. The molecule has 0 unspecified atom stereocenters. The van der Waals surface area contributed by atoms with Gasteiger partial charge >= 0.3 is 6.03 Å². The number of urea groups is 1. The Hall–Kier alpha value is -3.93. The van der Waals surface area contributed by atoms with Crippen molar-refractivity contribution >= 4 is 34.7 Å². The van der Waals surface area contributed by atoms with Gasteiger partial charge in [0.05, 0.1) is 0 Å². The van der Waals surface area contributed by atoms with Crippen LogP contribution < -0.4 is 10.1 Å². The highest BCUT2D eigenvalue weighted by molar-refractivity contribution is 6.31. The Morgan fingerprint density at radius 3 is 2.44 bits per heavy atom. The maximum absolute atomic E-state index is 13.2. The molecule has 0 radical (unpaired) electrons. The van der Waals surface area contributed by atoms with Crippen LogP contribution in [0.4, 0.5) is 4.79 Å². The molecule has 2 fully saturated rings. The quantitative estimate of drug-likeness (QED) is 0.424. The van der Waals surface area contributed by atoms with Crippen molar-refractivity contribution in [3.8, 4) is 5.75 Å². The summed E-state index contributed by atoms with van der Waals surface area (Å²) >= 11 is 0. The molecule has 1 aliphatic carbocycles. The molecule has 3 aromatic carbocycles. The Morgan fingerprint density at radius 1 is 0.882 bits per heavy atom. The SMILES string of the molecule is O=C1NC(=O)N(C2CCCCC2)C(=O)C1=Cc1ccccc1OCc1ccc2ccccc2c1. The Labute approximate surface area is 198 Å². The number of ether oxygens (including phenoxy) is 1. The predicted molar refractivity (Wildman–Crippen MR) is 130 cm³/mol. The van der Waals surface area contributed by atoms with Crippen LogP contribution >= 0.6 is 0 Å². The van der Waals surface area contributed by atoms with Crippen LogP contribution in [0.25, 0.3) is 16.8 Å². The van der Waals surface area contributed by atoms with Gasteiger partial charge in [0.1, 0.15) is 17.9 Å². The molecule has 1 saturated heterocycles. The van der Waals surface area contributed by atoms with Gasteiger partial charge in [-0.25, -0.2) is 4.79 Å². The van der Waals surface area contributed by atoms with Gasteiger partial charge in [-0.15, -0.1) is 0 Å². The van der Waals surface area contributed by atoms with Gasteiger partial charge in [0.15, 0.2) is 0 Å². The average Bonchev–Trinajstić information content (AvgIpc) is 2.86. The van der Waals surface area contributed by atoms with E-state index in [1.165, 1.54) is 11.0 Å². The van der Waals surface area contributed by atoms with E-state index >= 15 is 0 Å². The van der Waals surface area contributed by atoms with Crippen LogP contribution in [-0.4, -0.2) is 28.8 Å². The summed E-state index contributed by atoms with van der Waals surface area (Å²) in [6.45, 7) is 0.345. The minimum atomic E-state index is -0.675. The molecular formula is C28H26N2O4. The third kappa shape index (κ3) is 4.44. The summed E-state index contributed by atoms with van der Waals surface area (Å²) in [5.74, 6) is -0.652. The smallest absolute Gasteiger partial charge is 0.331 e. The number of carbonyl (C=O) groups excluding carboxylic acids is 3. The molecule has 1 aliphatic heterocycles. The lowest BCUT2D eigenvalue weighted by atomic mass is 9.93. The summed E-state index contributed by atoms with van der Waals surface area (Å²) in [6, 6.07) is 20.8. The minimum absolute atomic E-state index is 0.0491. The Kier molecular flexibility index (Phi) is 6.12. The zero-order chi connectivity index (χ0) is 23.5. The number of benzene rings is 3. The second-order valence-corrected chi connectivity index (χ2v) is 8.79. The molecule has 34 heavy (non-hydrogen) atoms. The average molecular weight is 455 g/mol. The highest BCUT2D eigenvalue weighted by atomic mass is 16.5. The maximum atomic E-state index is 13.2. The highest BCUT2D eigenvalue weighted by Gasteiger charge is 2.40. The second kappa shape index (κ2) is 9.51. The molecule has 6 nitrogen and oxygen atoms in total. The van der Waals surface area contributed by atoms with Crippen molar-refractivity contribution in [1.82, 2.24) is 10.2 Å². The second-order valence-electron chi connectivity index (χ2n) is 8.79. The van der Waals surface area contributed by atoms with Crippen molar-refractivity contribution in [3.05, 3.63) is 83.4 Å². The Morgan fingerprint density at radius 2 is 1.62 bits per heavy atom. The summed E-state index contributed by atoms with van der Waals surface area (Å²) in [7, 11) is 0. The summed E-state index contributed by atoms with van der Waals surface area (Å²) in [5, 5.41) is 4.64. The van der Waals surface area contributed by atoms with Crippen molar-refractivity contribution in [1.29, 1.82) is 0 Å². The molecule has 1 heterocycles. The van der Waals surface area contributed by atoms with Crippen LogP contribution in [-0.2, 0) is 16.2 Å². The van der Waals surface area contributed by atoms with E-state index in [0.717, 1.165) is 48.4 Å². The Balaban J connectivity index is 1.39. The first-order chi connectivity index (χ1) is 16.6. The fourth-order valence-corrected chi connectivity index (χ4v) is 4.72. The van der Waals surface area contributed by atoms with Crippen molar-refractivity contribution in [2.75, 3.05) is 0 Å². The number of imide groups is 2. The number of fused-ring (bicyclic) bond motifs is 1. The largest absolute Gasteiger partial charge is 0.488 e. The number of hydrogen-bond acceptors (Lipinski definition) is 4. The number of nitrogens with zero attached hydrogens (tertiary/aromatic N) is 1. The molecule has 0 atom stereocenters. The van der Waals surface area contributed by atoms with Gasteiger partial charge in [0.2, 0.25) is 0 Å². The molecule has 0 aromatic heterocycles. The standard InChI is InChI=1S/C28H26N2O4/c31-26-24(27(32)30(28(33)29-26)23-11-2-1-3-12-23)17-22-10-6-7-13-25(22)34-18-19-14-15-20-8-4-5-9-21(20)16-19/h4-10,13-17,23H,1-3,11-12,18H2,(H,29,31,33). The monoisotopic (exact) mass is 454 g/mol. The molecule has 172 valence electrons. The molecule has 3 aromatic rings. The van der Waals surface area contributed by atoms with Gasteiger partial charge < -0.3 is 4.74 Å². The van der Waals surface area contributed by atoms with Gasteiger partial charge in [0.25, 0.3) is 11.8 Å².